The standard InChI is InChI=1S/C37H39ClFN3O4S/c1-26-12-19-33(22-27(26)2)42(47(45,46)34-20-15-30(38)16-21-34)25-36(43)41(24-29-13-17-31(39)18-14-29)35(23-28-8-4-3-5-9-28)37(44)40-32-10-6-7-11-32/h3-5,8-9,12-22,32,35H,6-7,10-11,23-25H2,1-2H3,(H,40,44)/t35-/m0/s1. The highest BCUT2D eigenvalue weighted by molar-refractivity contribution is 7.92. The number of hydrogen-bond donors (Lipinski definition) is 1. The maximum Gasteiger partial charge on any atom is 0.264 e. The SMILES string of the molecule is Cc1ccc(N(CC(=O)N(Cc2ccc(F)cc2)[C@@H](Cc2ccccc2)C(=O)NC2CCCC2)S(=O)(=O)c2ccc(Cl)cc2)cc1C. The van der Waals surface area contributed by atoms with Gasteiger partial charge in [0.05, 0.1) is 10.6 Å². The molecule has 0 aromatic heterocycles. The fraction of sp³-hybridized carbons (Fsp3) is 0.297. The molecule has 0 bridgehead atoms. The number of halogens is 2. The molecule has 1 fully saturated rings. The van der Waals surface area contributed by atoms with Gasteiger partial charge < -0.3 is 10.2 Å². The van der Waals surface area contributed by atoms with Crippen molar-refractivity contribution < 1.29 is 22.4 Å². The smallest absolute Gasteiger partial charge is 0.264 e. The Hall–Kier alpha value is -4.21. The highest BCUT2D eigenvalue weighted by Gasteiger charge is 2.35. The molecule has 1 saturated carbocycles. The molecule has 10 heteroatoms. The largest absolute Gasteiger partial charge is 0.352 e. The molecular formula is C37H39ClFN3O4S. The third-order valence-electron chi connectivity index (χ3n) is 8.70. The van der Waals surface area contributed by atoms with Gasteiger partial charge in [-0.2, -0.15) is 0 Å². The molecule has 1 N–H and O–H groups in total. The second-order valence-corrected chi connectivity index (χ2v) is 14.4. The first-order valence-corrected chi connectivity index (χ1v) is 17.6. The number of rotatable bonds is 12. The van der Waals surface area contributed by atoms with Crippen LogP contribution in [0.4, 0.5) is 10.1 Å². The molecule has 47 heavy (non-hydrogen) atoms. The topological polar surface area (TPSA) is 86.8 Å². The molecule has 1 aliphatic rings. The maximum absolute atomic E-state index is 14.6. The summed E-state index contributed by atoms with van der Waals surface area (Å²) in [4.78, 5) is 30.1. The number of sulfonamides is 1. The summed E-state index contributed by atoms with van der Waals surface area (Å²) >= 11 is 6.07. The van der Waals surface area contributed by atoms with Crippen molar-refractivity contribution in [2.45, 2.75) is 69.5 Å². The Morgan fingerprint density at radius 2 is 1.53 bits per heavy atom. The van der Waals surface area contributed by atoms with E-state index in [1.165, 1.54) is 41.3 Å². The third-order valence-corrected chi connectivity index (χ3v) is 10.7. The Kier molecular flexibility index (Phi) is 11.0. The van der Waals surface area contributed by atoms with Gasteiger partial charge in [0, 0.05) is 24.0 Å². The summed E-state index contributed by atoms with van der Waals surface area (Å²) in [5.41, 5.74) is 3.58. The third kappa shape index (κ3) is 8.58. The molecule has 0 radical (unpaired) electrons. The van der Waals surface area contributed by atoms with Crippen molar-refractivity contribution in [3.05, 3.63) is 130 Å². The number of nitrogens with one attached hydrogen (secondary N) is 1. The Balaban J connectivity index is 1.57. The highest BCUT2D eigenvalue weighted by Crippen LogP contribution is 2.28. The number of anilines is 1. The first-order valence-electron chi connectivity index (χ1n) is 15.7. The lowest BCUT2D eigenvalue weighted by atomic mass is 10.0. The van der Waals surface area contributed by atoms with Gasteiger partial charge in [-0.15, -0.1) is 0 Å². The van der Waals surface area contributed by atoms with Crippen LogP contribution in [0.2, 0.25) is 5.02 Å². The summed E-state index contributed by atoms with van der Waals surface area (Å²) in [7, 11) is -4.25. The number of carbonyl (C=O) groups is 2. The zero-order valence-electron chi connectivity index (χ0n) is 26.5. The first-order chi connectivity index (χ1) is 22.5. The van der Waals surface area contributed by atoms with Crippen molar-refractivity contribution in [2.24, 2.45) is 0 Å². The summed E-state index contributed by atoms with van der Waals surface area (Å²) in [6, 6.07) is 25.1. The predicted molar refractivity (Wildman–Crippen MR) is 183 cm³/mol. The second-order valence-electron chi connectivity index (χ2n) is 12.1. The molecule has 0 saturated heterocycles. The lowest BCUT2D eigenvalue weighted by molar-refractivity contribution is -0.140. The van der Waals surface area contributed by atoms with Gasteiger partial charge in [-0.3, -0.25) is 13.9 Å². The van der Waals surface area contributed by atoms with Crippen LogP contribution in [0.5, 0.6) is 0 Å². The van der Waals surface area contributed by atoms with Crippen LogP contribution >= 0.6 is 11.6 Å². The Morgan fingerprint density at radius 1 is 0.872 bits per heavy atom. The molecule has 1 atom stereocenters. The van der Waals surface area contributed by atoms with Crippen molar-refractivity contribution in [2.75, 3.05) is 10.8 Å². The molecule has 5 rings (SSSR count). The number of carbonyl (C=O) groups excluding carboxylic acids is 2. The van der Waals surface area contributed by atoms with Crippen LogP contribution < -0.4 is 9.62 Å². The van der Waals surface area contributed by atoms with E-state index in [2.05, 4.69) is 5.32 Å². The predicted octanol–water partition coefficient (Wildman–Crippen LogP) is 6.99. The zero-order valence-corrected chi connectivity index (χ0v) is 28.1. The van der Waals surface area contributed by atoms with Crippen LogP contribution in [-0.2, 0) is 32.6 Å². The minimum Gasteiger partial charge on any atom is -0.352 e. The Morgan fingerprint density at radius 3 is 2.17 bits per heavy atom. The molecule has 0 aliphatic heterocycles. The van der Waals surface area contributed by atoms with Gasteiger partial charge in [-0.1, -0.05) is 73.0 Å². The molecule has 0 spiro atoms. The molecule has 4 aromatic carbocycles. The minimum atomic E-state index is -4.25. The number of hydrogen-bond acceptors (Lipinski definition) is 4. The lowest BCUT2D eigenvalue weighted by Crippen LogP contribution is -2.54. The van der Waals surface area contributed by atoms with Gasteiger partial charge in [-0.25, -0.2) is 12.8 Å². The van der Waals surface area contributed by atoms with Gasteiger partial charge in [0.2, 0.25) is 11.8 Å². The van der Waals surface area contributed by atoms with E-state index in [1.807, 2.05) is 50.2 Å². The molecule has 4 aromatic rings. The number of benzene rings is 4. The van der Waals surface area contributed by atoms with Crippen LogP contribution in [0.25, 0.3) is 0 Å². The van der Waals surface area contributed by atoms with E-state index in [0.717, 1.165) is 46.7 Å². The van der Waals surface area contributed by atoms with Gasteiger partial charge in [0.1, 0.15) is 18.4 Å². The van der Waals surface area contributed by atoms with Gasteiger partial charge in [0.15, 0.2) is 0 Å². The first kappa shape index (κ1) is 34.1. The molecule has 0 heterocycles. The summed E-state index contributed by atoms with van der Waals surface area (Å²) in [5, 5.41) is 3.53. The van der Waals surface area contributed by atoms with Crippen molar-refractivity contribution in [1.29, 1.82) is 0 Å². The molecular weight excluding hydrogens is 637 g/mol. The van der Waals surface area contributed by atoms with Gasteiger partial charge >= 0.3 is 0 Å². The summed E-state index contributed by atoms with van der Waals surface area (Å²) < 4.78 is 43.4. The van der Waals surface area contributed by atoms with Gasteiger partial charge in [-0.05, 0) is 97.5 Å². The molecule has 0 unspecified atom stereocenters. The van der Waals surface area contributed by atoms with E-state index in [-0.39, 0.29) is 29.8 Å². The lowest BCUT2D eigenvalue weighted by Gasteiger charge is -2.34. The number of amides is 2. The maximum atomic E-state index is 14.6. The second kappa shape index (κ2) is 15.1. The molecule has 246 valence electrons. The van der Waals surface area contributed by atoms with Crippen molar-refractivity contribution in [1.82, 2.24) is 10.2 Å². The van der Waals surface area contributed by atoms with Crippen molar-refractivity contribution in [3.8, 4) is 0 Å². The summed E-state index contributed by atoms with van der Waals surface area (Å²) in [6.07, 6.45) is 3.95. The van der Waals surface area contributed by atoms with E-state index in [1.54, 1.807) is 24.3 Å². The van der Waals surface area contributed by atoms with Crippen molar-refractivity contribution >= 4 is 39.1 Å². The highest BCUT2D eigenvalue weighted by atomic mass is 35.5. The van der Waals surface area contributed by atoms with Crippen LogP contribution in [0.1, 0.15) is 47.9 Å². The fourth-order valence-electron chi connectivity index (χ4n) is 5.85. The minimum absolute atomic E-state index is 0.000797. The van der Waals surface area contributed by atoms with Crippen molar-refractivity contribution in [3.63, 3.8) is 0 Å². The quantitative estimate of drug-likeness (QED) is 0.175. The molecule has 1 aliphatic carbocycles. The van der Waals surface area contributed by atoms with Crippen LogP contribution in [0.15, 0.2) is 102 Å². The molecule has 7 nitrogen and oxygen atoms in total. The van der Waals surface area contributed by atoms with E-state index >= 15 is 0 Å². The normalized spacial score (nSPS) is 14.0. The van der Waals surface area contributed by atoms with E-state index < -0.39 is 34.3 Å². The number of nitrogens with zero attached hydrogens (tertiary/aromatic N) is 2. The van der Waals surface area contributed by atoms with E-state index in [4.69, 9.17) is 11.6 Å². The monoisotopic (exact) mass is 675 g/mol. The van der Waals surface area contributed by atoms with Crippen LogP contribution in [0.3, 0.4) is 0 Å². The average molecular weight is 676 g/mol. The Labute approximate surface area is 281 Å². The average Bonchev–Trinajstić information content (AvgIpc) is 3.57. The fourth-order valence-corrected chi connectivity index (χ4v) is 7.38. The van der Waals surface area contributed by atoms with Gasteiger partial charge in [0.25, 0.3) is 10.0 Å². The summed E-state index contributed by atoms with van der Waals surface area (Å²) in [5.74, 6) is -1.32. The number of aryl methyl sites for hydroxylation is 2. The van der Waals surface area contributed by atoms with Crippen LogP contribution in [0, 0.1) is 19.7 Å². The summed E-state index contributed by atoms with van der Waals surface area (Å²) in [6.45, 7) is 3.19. The van der Waals surface area contributed by atoms with E-state index in [0.29, 0.717) is 16.3 Å². The zero-order chi connectivity index (χ0) is 33.6. The molecule has 2 amide bonds. The van der Waals surface area contributed by atoms with E-state index in [9.17, 15) is 22.4 Å². The Bertz CT molecular complexity index is 1800. The van der Waals surface area contributed by atoms with Crippen LogP contribution in [-0.4, -0.2) is 43.8 Å².